The topological polar surface area (TPSA) is 99.3 Å². The van der Waals surface area contributed by atoms with Crippen molar-refractivity contribution in [2.24, 2.45) is 0 Å². The molecule has 0 spiro atoms. The number of hydrogen-bond donors (Lipinski definition) is 1. The van der Waals surface area contributed by atoms with Gasteiger partial charge in [-0.2, -0.15) is 4.31 Å². The maximum Gasteiger partial charge on any atom is 0.311 e. The van der Waals surface area contributed by atoms with Gasteiger partial charge in [-0.3, -0.25) is 9.59 Å². The van der Waals surface area contributed by atoms with E-state index >= 15 is 0 Å². The number of carbonyl (C=O) groups excluding carboxylic acids is 2. The smallest absolute Gasteiger partial charge is 0.311 e. The summed E-state index contributed by atoms with van der Waals surface area (Å²) in [6.07, 6.45) is 2.05. The number of nitrogens with one attached hydrogen (secondary N) is 1. The summed E-state index contributed by atoms with van der Waals surface area (Å²) in [6, 6.07) is 11.4. The molecule has 2 amide bonds. The zero-order chi connectivity index (χ0) is 27.8. The maximum absolute atomic E-state index is 13.1. The second-order valence-corrected chi connectivity index (χ2v) is 11.5. The van der Waals surface area contributed by atoms with E-state index in [1.54, 1.807) is 33.0 Å². The minimum atomic E-state index is -3.79. The van der Waals surface area contributed by atoms with Crippen molar-refractivity contribution < 1.29 is 22.7 Å². The molecule has 0 aromatic heterocycles. The quantitative estimate of drug-likeness (QED) is 0.421. The fourth-order valence-corrected chi connectivity index (χ4v) is 5.62. The summed E-state index contributed by atoms with van der Waals surface area (Å²) < 4.78 is 32.6. The first-order chi connectivity index (χ1) is 17.4. The van der Waals surface area contributed by atoms with Crippen LogP contribution in [0.25, 0.3) is 0 Å². The summed E-state index contributed by atoms with van der Waals surface area (Å²) >= 11 is 0. The number of hydrogen-bond acceptors (Lipinski definition) is 6. The summed E-state index contributed by atoms with van der Waals surface area (Å²) in [7, 11) is 4.86. The summed E-state index contributed by atoms with van der Waals surface area (Å²) in [6.45, 7) is 4.77. The Morgan fingerprint density at radius 2 is 1.49 bits per heavy atom. The molecule has 10 heteroatoms. The van der Waals surface area contributed by atoms with Crippen LogP contribution in [0.5, 0.6) is 5.75 Å². The maximum atomic E-state index is 13.1. The molecule has 0 bridgehead atoms. The van der Waals surface area contributed by atoms with Gasteiger partial charge in [0, 0.05) is 33.7 Å². The number of carbonyl (C=O) groups is 2. The van der Waals surface area contributed by atoms with Crippen molar-refractivity contribution in [3.63, 3.8) is 0 Å². The molecule has 0 aliphatic rings. The molecule has 204 valence electrons. The molecule has 2 aromatic carbocycles. The minimum absolute atomic E-state index is 0.00401. The van der Waals surface area contributed by atoms with Crippen LogP contribution in [0.3, 0.4) is 0 Å². The number of amides is 2. The number of benzene rings is 2. The fraction of sp³-hybridized carbons (Fsp3) is 0.481. The fourth-order valence-electron chi connectivity index (χ4n) is 4.04. The molecular formula is C27H40N4O5S. The van der Waals surface area contributed by atoms with Crippen LogP contribution in [-0.4, -0.2) is 89.3 Å². The van der Waals surface area contributed by atoms with Gasteiger partial charge in [0.25, 0.3) is 0 Å². The van der Waals surface area contributed by atoms with Crippen LogP contribution in [-0.2, 0) is 32.6 Å². The molecule has 2 aromatic rings. The van der Waals surface area contributed by atoms with Crippen LogP contribution in [0.1, 0.15) is 28.7 Å². The van der Waals surface area contributed by atoms with Gasteiger partial charge in [0.05, 0.1) is 12.0 Å². The average molecular weight is 533 g/mol. The Balaban J connectivity index is 1.87. The SMILES string of the molecule is COc1cc(C)c(S(=O)(=O)N(C)CCNC(=O)C(=O)N(C)Cc2ccc(CCCN(C)C)cc2)c(C)c1. The van der Waals surface area contributed by atoms with Gasteiger partial charge >= 0.3 is 11.8 Å². The highest BCUT2D eigenvalue weighted by Gasteiger charge is 2.26. The highest BCUT2D eigenvalue weighted by Crippen LogP contribution is 2.27. The van der Waals surface area contributed by atoms with Crippen molar-refractivity contribution in [2.45, 2.75) is 38.1 Å². The number of sulfonamides is 1. The number of ether oxygens (including phenoxy) is 1. The molecule has 0 aliphatic carbocycles. The van der Waals surface area contributed by atoms with Crippen molar-refractivity contribution in [1.82, 2.24) is 19.4 Å². The Morgan fingerprint density at radius 1 is 0.919 bits per heavy atom. The van der Waals surface area contributed by atoms with Crippen LogP contribution in [0, 0.1) is 13.8 Å². The molecule has 1 N–H and O–H groups in total. The van der Waals surface area contributed by atoms with Gasteiger partial charge in [-0.1, -0.05) is 24.3 Å². The van der Waals surface area contributed by atoms with Crippen LogP contribution in [0.4, 0.5) is 0 Å². The molecule has 0 aliphatic heterocycles. The Hall–Kier alpha value is -2.95. The predicted molar refractivity (Wildman–Crippen MR) is 145 cm³/mol. The van der Waals surface area contributed by atoms with Crippen molar-refractivity contribution in [1.29, 1.82) is 0 Å². The molecule has 0 heterocycles. The Kier molecular flexibility index (Phi) is 11.1. The minimum Gasteiger partial charge on any atom is -0.497 e. The van der Waals surface area contributed by atoms with Crippen LogP contribution >= 0.6 is 0 Å². The van der Waals surface area contributed by atoms with Gasteiger partial charge in [0.15, 0.2) is 0 Å². The number of rotatable bonds is 12. The summed E-state index contributed by atoms with van der Waals surface area (Å²) in [5.74, 6) is -0.865. The second kappa shape index (κ2) is 13.6. The first kappa shape index (κ1) is 30.3. The third-order valence-corrected chi connectivity index (χ3v) is 8.27. The van der Waals surface area contributed by atoms with E-state index in [1.165, 1.54) is 28.9 Å². The molecule has 0 radical (unpaired) electrons. The zero-order valence-electron chi connectivity index (χ0n) is 23.0. The van der Waals surface area contributed by atoms with Crippen LogP contribution < -0.4 is 10.1 Å². The third kappa shape index (κ3) is 8.55. The molecule has 37 heavy (non-hydrogen) atoms. The van der Waals surface area contributed by atoms with Crippen molar-refractivity contribution in [3.8, 4) is 5.75 Å². The Labute approximate surface area is 221 Å². The molecule has 0 unspecified atom stereocenters. The van der Waals surface area contributed by atoms with Gasteiger partial charge in [0.1, 0.15) is 5.75 Å². The van der Waals surface area contributed by atoms with Crippen LogP contribution in [0.2, 0.25) is 0 Å². The average Bonchev–Trinajstić information content (AvgIpc) is 2.83. The standard InChI is InChI=1S/C27H40N4O5S/c1-20-17-24(36-7)18-21(2)25(20)37(34,35)31(6)16-14-28-26(32)27(33)30(5)19-23-12-10-22(11-13-23)9-8-15-29(3)4/h10-13,17-18H,8-9,14-16,19H2,1-7H3,(H,28,32). The predicted octanol–water partition coefficient (Wildman–Crippen LogP) is 2.20. The van der Waals surface area contributed by atoms with Crippen LogP contribution in [0.15, 0.2) is 41.3 Å². The molecule has 0 saturated heterocycles. The van der Waals surface area contributed by atoms with Gasteiger partial charge in [-0.25, -0.2) is 8.42 Å². The zero-order valence-corrected chi connectivity index (χ0v) is 23.8. The van der Waals surface area contributed by atoms with E-state index in [0.717, 1.165) is 24.9 Å². The number of nitrogens with zero attached hydrogens (tertiary/aromatic N) is 3. The Morgan fingerprint density at radius 3 is 2.03 bits per heavy atom. The lowest BCUT2D eigenvalue weighted by Gasteiger charge is -2.21. The first-order valence-electron chi connectivity index (χ1n) is 12.2. The number of aryl methyl sites for hydroxylation is 3. The number of methoxy groups -OCH3 is 1. The lowest BCUT2D eigenvalue weighted by atomic mass is 10.1. The van der Waals surface area contributed by atoms with Crippen molar-refractivity contribution >= 4 is 21.8 Å². The van der Waals surface area contributed by atoms with Gasteiger partial charge in [-0.15, -0.1) is 0 Å². The lowest BCUT2D eigenvalue weighted by molar-refractivity contribution is -0.145. The molecule has 0 fully saturated rings. The van der Waals surface area contributed by atoms with E-state index in [1.807, 2.05) is 24.3 Å². The van der Waals surface area contributed by atoms with Crippen molar-refractivity contribution in [3.05, 3.63) is 58.7 Å². The highest BCUT2D eigenvalue weighted by molar-refractivity contribution is 7.89. The van der Waals surface area contributed by atoms with Gasteiger partial charge in [0.2, 0.25) is 10.0 Å². The second-order valence-electron chi connectivity index (χ2n) is 9.56. The molecule has 0 saturated carbocycles. The monoisotopic (exact) mass is 532 g/mol. The van der Waals surface area contributed by atoms with Gasteiger partial charge < -0.3 is 19.9 Å². The summed E-state index contributed by atoms with van der Waals surface area (Å²) in [5.41, 5.74) is 3.31. The summed E-state index contributed by atoms with van der Waals surface area (Å²) in [4.78, 5) is 28.6. The first-order valence-corrected chi connectivity index (χ1v) is 13.7. The van der Waals surface area contributed by atoms with Crippen molar-refractivity contribution in [2.75, 3.05) is 54.9 Å². The van der Waals surface area contributed by atoms with E-state index in [9.17, 15) is 18.0 Å². The Bertz CT molecular complexity index is 1160. The normalized spacial score (nSPS) is 11.6. The molecule has 9 nitrogen and oxygen atoms in total. The van der Waals surface area contributed by atoms with E-state index in [0.29, 0.717) is 23.4 Å². The number of likely N-dealkylation sites (N-methyl/N-ethyl adjacent to an activating group) is 2. The molecular weight excluding hydrogens is 492 g/mol. The molecule has 0 atom stereocenters. The lowest BCUT2D eigenvalue weighted by Crippen LogP contribution is -2.43. The highest BCUT2D eigenvalue weighted by atomic mass is 32.2. The van der Waals surface area contributed by atoms with E-state index < -0.39 is 21.8 Å². The van der Waals surface area contributed by atoms with E-state index in [-0.39, 0.29) is 18.0 Å². The van der Waals surface area contributed by atoms with Gasteiger partial charge in [-0.05, 0) is 81.7 Å². The van der Waals surface area contributed by atoms with E-state index in [2.05, 4.69) is 24.3 Å². The van der Waals surface area contributed by atoms with E-state index in [4.69, 9.17) is 4.74 Å². The summed E-state index contributed by atoms with van der Waals surface area (Å²) in [5, 5.41) is 2.53. The molecule has 2 rings (SSSR count). The third-order valence-electron chi connectivity index (χ3n) is 6.10. The largest absolute Gasteiger partial charge is 0.497 e.